The van der Waals surface area contributed by atoms with Crippen molar-refractivity contribution in [2.24, 2.45) is 0 Å². The predicted octanol–water partition coefficient (Wildman–Crippen LogP) is 0.407. The number of piperidine rings is 1. The van der Waals surface area contributed by atoms with Gasteiger partial charge in [-0.2, -0.15) is 0 Å². The van der Waals surface area contributed by atoms with Crippen LogP contribution in [-0.4, -0.2) is 63.8 Å². The number of carbonyl (C=O) groups is 1. The van der Waals surface area contributed by atoms with Crippen LogP contribution in [0.5, 0.6) is 0 Å². The number of aliphatic hydroxyl groups is 1. The zero-order chi connectivity index (χ0) is 17.0. The molecule has 2 saturated heterocycles. The highest BCUT2D eigenvalue weighted by molar-refractivity contribution is 5.84. The van der Waals surface area contributed by atoms with E-state index in [0.717, 1.165) is 44.8 Å². The van der Waals surface area contributed by atoms with E-state index in [1.807, 2.05) is 6.92 Å². The molecule has 0 bridgehead atoms. The number of hydrogen-bond acceptors (Lipinski definition) is 6. The Balaban J connectivity index is 1.49. The number of amides is 1. The van der Waals surface area contributed by atoms with E-state index < -0.39 is 5.60 Å². The third kappa shape index (κ3) is 4.09. The van der Waals surface area contributed by atoms with E-state index >= 15 is 0 Å². The average molecular weight is 334 g/mol. The highest BCUT2D eigenvalue weighted by atomic mass is 16.5. The maximum absolute atomic E-state index is 12.4. The monoisotopic (exact) mass is 334 g/mol. The Morgan fingerprint density at radius 1 is 1.33 bits per heavy atom. The Morgan fingerprint density at radius 2 is 2.04 bits per heavy atom. The van der Waals surface area contributed by atoms with Crippen molar-refractivity contribution in [2.75, 3.05) is 26.3 Å². The van der Waals surface area contributed by atoms with Gasteiger partial charge in [0.25, 0.3) is 5.91 Å². The molecule has 0 aliphatic carbocycles. The van der Waals surface area contributed by atoms with Crippen molar-refractivity contribution < 1.29 is 14.6 Å². The quantitative estimate of drug-likeness (QED) is 0.829. The van der Waals surface area contributed by atoms with Crippen molar-refractivity contribution in [1.82, 2.24) is 20.2 Å². The van der Waals surface area contributed by atoms with Crippen molar-refractivity contribution in [3.05, 3.63) is 23.8 Å². The van der Waals surface area contributed by atoms with E-state index in [1.54, 1.807) is 12.4 Å². The lowest BCUT2D eigenvalue weighted by Gasteiger charge is -2.42. The Hall–Kier alpha value is -1.57. The summed E-state index contributed by atoms with van der Waals surface area (Å²) in [4.78, 5) is 23.1. The molecule has 2 aliphatic heterocycles. The molecule has 0 radical (unpaired) electrons. The third-order valence-corrected chi connectivity index (χ3v) is 5.02. The van der Waals surface area contributed by atoms with Crippen LogP contribution in [0.4, 0.5) is 0 Å². The molecule has 0 atom stereocenters. The summed E-state index contributed by atoms with van der Waals surface area (Å²) >= 11 is 0. The lowest BCUT2D eigenvalue weighted by molar-refractivity contribution is -0.146. The molecule has 2 N–H and O–H groups in total. The van der Waals surface area contributed by atoms with Crippen molar-refractivity contribution in [2.45, 2.75) is 50.8 Å². The highest BCUT2D eigenvalue weighted by Gasteiger charge is 2.40. The number of hydrogen-bond donors (Lipinski definition) is 2. The number of aromatic nitrogens is 2. The Labute approximate surface area is 142 Å². The van der Waals surface area contributed by atoms with Crippen LogP contribution >= 0.6 is 0 Å². The minimum absolute atomic E-state index is 0.290. The maximum atomic E-state index is 12.4. The zero-order valence-corrected chi connectivity index (χ0v) is 14.2. The highest BCUT2D eigenvalue weighted by Crippen LogP contribution is 2.26. The summed E-state index contributed by atoms with van der Waals surface area (Å²) in [6.07, 6.45) is 6.33. The fourth-order valence-corrected chi connectivity index (χ4v) is 3.38. The summed E-state index contributed by atoms with van der Waals surface area (Å²) in [7, 11) is 0. The second-order valence-electron chi connectivity index (χ2n) is 6.74. The second-order valence-corrected chi connectivity index (χ2v) is 6.74. The molecule has 2 aliphatic rings. The van der Waals surface area contributed by atoms with Crippen molar-refractivity contribution in [3.63, 3.8) is 0 Å². The van der Waals surface area contributed by atoms with Gasteiger partial charge in [0.2, 0.25) is 0 Å². The number of carbonyl (C=O) groups excluding carboxylic acids is 1. The zero-order valence-electron chi connectivity index (χ0n) is 14.2. The Kier molecular flexibility index (Phi) is 5.43. The molecule has 3 heterocycles. The number of likely N-dealkylation sites (tertiary alicyclic amines) is 1. The van der Waals surface area contributed by atoms with Crippen molar-refractivity contribution in [1.29, 1.82) is 0 Å². The first-order valence-electron chi connectivity index (χ1n) is 8.67. The molecule has 1 aromatic heterocycles. The largest absolute Gasteiger partial charge is 0.381 e. The molecule has 0 spiro atoms. The van der Waals surface area contributed by atoms with Gasteiger partial charge in [0.1, 0.15) is 5.60 Å². The molecule has 132 valence electrons. The minimum atomic E-state index is -1.28. The standard InChI is InChI=1S/C17H26N4O3/c1-13-10-19-14(11-18-13)12-20-16(22)17(23)4-6-21(7-5-17)15-2-8-24-9-3-15/h10-11,15,23H,2-9,12H2,1H3,(H,20,22). The van der Waals surface area contributed by atoms with Crippen LogP contribution in [-0.2, 0) is 16.1 Å². The fourth-order valence-electron chi connectivity index (χ4n) is 3.38. The van der Waals surface area contributed by atoms with Gasteiger partial charge < -0.3 is 15.2 Å². The summed E-state index contributed by atoms with van der Waals surface area (Å²) in [6, 6.07) is 0.522. The Morgan fingerprint density at radius 3 is 2.67 bits per heavy atom. The molecule has 7 heteroatoms. The summed E-state index contributed by atoms with van der Waals surface area (Å²) in [6.45, 7) is 5.27. The molecule has 0 unspecified atom stereocenters. The minimum Gasteiger partial charge on any atom is -0.381 e. The van der Waals surface area contributed by atoms with Gasteiger partial charge in [0, 0.05) is 38.5 Å². The van der Waals surface area contributed by atoms with Crippen LogP contribution in [0.3, 0.4) is 0 Å². The van der Waals surface area contributed by atoms with Crippen LogP contribution in [0.2, 0.25) is 0 Å². The first-order chi connectivity index (χ1) is 11.6. The summed E-state index contributed by atoms with van der Waals surface area (Å²) in [5, 5.41) is 13.5. The molecule has 0 aromatic carbocycles. The maximum Gasteiger partial charge on any atom is 0.252 e. The van der Waals surface area contributed by atoms with Gasteiger partial charge in [-0.3, -0.25) is 19.7 Å². The molecule has 7 nitrogen and oxygen atoms in total. The number of nitrogens with one attached hydrogen (secondary N) is 1. The fraction of sp³-hybridized carbons (Fsp3) is 0.706. The summed E-state index contributed by atoms with van der Waals surface area (Å²) in [5.74, 6) is -0.309. The SMILES string of the molecule is Cc1cnc(CNC(=O)C2(O)CCN(C3CCOCC3)CC2)cn1. The molecular weight excluding hydrogens is 308 g/mol. The normalized spacial score (nSPS) is 22.2. The predicted molar refractivity (Wildman–Crippen MR) is 88.2 cm³/mol. The van der Waals surface area contributed by atoms with E-state index in [9.17, 15) is 9.90 Å². The van der Waals surface area contributed by atoms with Gasteiger partial charge in [-0.15, -0.1) is 0 Å². The van der Waals surface area contributed by atoms with Gasteiger partial charge >= 0.3 is 0 Å². The molecule has 3 rings (SSSR count). The van der Waals surface area contributed by atoms with Gasteiger partial charge in [0.15, 0.2) is 0 Å². The molecule has 1 amide bonds. The average Bonchev–Trinajstić information content (AvgIpc) is 2.62. The number of rotatable bonds is 4. The smallest absolute Gasteiger partial charge is 0.252 e. The van der Waals surface area contributed by atoms with Crippen LogP contribution in [0.1, 0.15) is 37.1 Å². The van der Waals surface area contributed by atoms with Crippen molar-refractivity contribution >= 4 is 5.91 Å². The topological polar surface area (TPSA) is 87.6 Å². The van der Waals surface area contributed by atoms with Gasteiger partial charge in [-0.25, -0.2) is 0 Å². The van der Waals surface area contributed by atoms with E-state index in [-0.39, 0.29) is 12.5 Å². The number of ether oxygens (including phenoxy) is 1. The van der Waals surface area contributed by atoms with Gasteiger partial charge in [-0.1, -0.05) is 0 Å². The van der Waals surface area contributed by atoms with Crippen LogP contribution < -0.4 is 5.32 Å². The molecule has 0 saturated carbocycles. The Bertz CT molecular complexity index is 549. The molecular formula is C17H26N4O3. The first kappa shape index (κ1) is 17.3. The van der Waals surface area contributed by atoms with Gasteiger partial charge in [-0.05, 0) is 32.6 Å². The summed E-state index contributed by atoms with van der Waals surface area (Å²) in [5.41, 5.74) is 0.251. The number of nitrogens with zero attached hydrogens (tertiary/aromatic N) is 3. The van der Waals surface area contributed by atoms with E-state index in [0.29, 0.717) is 24.6 Å². The third-order valence-electron chi connectivity index (χ3n) is 5.02. The van der Waals surface area contributed by atoms with Crippen LogP contribution in [0, 0.1) is 6.92 Å². The molecule has 1 aromatic rings. The van der Waals surface area contributed by atoms with Crippen molar-refractivity contribution in [3.8, 4) is 0 Å². The molecule has 24 heavy (non-hydrogen) atoms. The van der Waals surface area contributed by atoms with Gasteiger partial charge in [0.05, 0.1) is 24.1 Å². The molecule has 2 fully saturated rings. The lowest BCUT2D eigenvalue weighted by atomic mass is 9.89. The summed E-state index contributed by atoms with van der Waals surface area (Å²) < 4.78 is 5.40. The van der Waals surface area contributed by atoms with E-state index in [1.165, 1.54) is 0 Å². The first-order valence-corrected chi connectivity index (χ1v) is 8.67. The lowest BCUT2D eigenvalue weighted by Crippen LogP contribution is -2.55. The van der Waals surface area contributed by atoms with Crippen LogP contribution in [0.25, 0.3) is 0 Å². The van der Waals surface area contributed by atoms with Crippen LogP contribution in [0.15, 0.2) is 12.4 Å². The second kappa shape index (κ2) is 7.55. The number of aryl methyl sites for hydroxylation is 1. The van der Waals surface area contributed by atoms with E-state index in [2.05, 4.69) is 20.2 Å². The van der Waals surface area contributed by atoms with E-state index in [4.69, 9.17) is 4.74 Å².